The summed E-state index contributed by atoms with van der Waals surface area (Å²) in [5.74, 6) is 1.16. The Balaban J connectivity index is 1.96. The summed E-state index contributed by atoms with van der Waals surface area (Å²) in [5, 5.41) is 0.883. The van der Waals surface area contributed by atoms with Crippen molar-refractivity contribution in [2.75, 3.05) is 5.73 Å². The van der Waals surface area contributed by atoms with E-state index in [-0.39, 0.29) is 0 Å². The van der Waals surface area contributed by atoms with Crippen LogP contribution in [-0.2, 0) is 0 Å². The number of hydrogen-bond donors (Lipinski definition) is 1. The van der Waals surface area contributed by atoms with E-state index in [4.69, 9.17) is 10.7 Å². The molecule has 0 bridgehead atoms. The fourth-order valence-corrected chi connectivity index (χ4v) is 2.77. The van der Waals surface area contributed by atoms with E-state index in [9.17, 15) is 0 Å². The van der Waals surface area contributed by atoms with E-state index in [1.807, 2.05) is 60.7 Å². The van der Waals surface area contributed by atoms with E-state index in [1.54, 1.807) is 0 Å². The number of anilines is 1. The van der Waals surface area contributed by atoms with Gasteiger partial charge in [-0.2, -0.15) is 0 Å². The third-order valence-corrected chi connectivity index (χ3v) is 3.89. The third kappa shape index (κ3) is 2.42. The van der Waals surface area contributed by atoms with Crippen LogP contribution in [0.3, 0.4) is 0 Å². The number of para-hydroxylation sites is 1. The maximum absolute atomic E-state index is 6.13. The van der Waals surface area contributed by atoms with Crippen molar-refractivity contribution >= 4 is 16.7 Å². The van der Waals surface area contributed by atoms with Crippen LogP contribution in [0, 0.1) is 0 Å². The van der Waals surface area contributed by atoms with Crippen LogP contribution < -0.4 is 5.73 Å². The maximum atomic E-state index is 6.13. The molecule has 0 radical (unpaired) electrons. The highest BCUT2D eigenvalue weighted by Gasteiger charge is 2.11. The Bertz CT molecular complexity index is 978. The van der Waals surface area contributed by atoms with Gasteiger partial charge in [0.15, 0.2) is 5.82 Å². The monoisotopic (exact) mass is 297 g/mol. The van der Waals surface area contributed by atoms with E-state index in [2.05, 4.69) is 23.2 Å². The van der Waals surface area contributed by atoms with Crippen LogP contribution in [0.5, 0.6) is 0 Å². The maximum Gasteiger partial charge on any atom is 0.162 e. The van der Waals surface area contributed by atoms with Crippen LogP contribution in [-0.4, -0.2) is 9.97 Å². The summed E-state index contributed by atoms with van der Waals surface area (Å²) in [7, 11) is 0. The van der Waals surface area contributed by atoms with Crippen LogP contribution in [0.2, 0.25) is 0 Å². The average molecular weight is 297 g/mol. The van der Waals surface area contributed by atoms with Gasteiger partial charge >= 0.3 is 0 Å². The highest BCUT2D eigenvalue weighted by atomic mass is 14.9. The molecule has 0 atom stereocenters. The smallest absolute Gasteiger partial charge is 0.162 e. The molecule has 0 saturated heterocycles. The molecule has 3 heteroatoms. The standard InChI is InChI=1S/C20H15N3/c21-19-17-12-6-7-13-18(17)22-20(23-19)16-11-5-4-10-15(16)14-8-2-1-3-9-14/h1-13H,(H2,21,22,23). The quantitative estimate of drug-likeness (QED) is 0.590. The molecule has 0 amide bonds. The third-order valence-electron chi connectivity index (χ3n) is 3.89. The van der Waals surface area contributed by atoms with Gasteiger partial charge in [-0.05, 0) is 23.3 Å². The number of nitrogens with zero attached hydrogens (tertiary/aromatic N) is 2. The first-order valence-electron chi connectivity index (χ1n) is 7.50. The minimum atomic E-state index is 0.508. The number of rotatable bonds is 2. The Morgan fingerprint density at radius 3 is 2.09 bits per heavy atom. The normalized spacial score (nSPS) is 10.8. The lowest BCUT2D eigenvalue weighted by atomic mass is 9.99. The molecule has 0 aliphatic carbocycles. The van der Waals surface area contributed by atoms with Gasteiger partial charge < -0.3 is 5.73 Å². The number of nitrogens with two attached hydrogens (primary N) is 1. The zero-order chi connectivity index (χ0) is 15.6. The second kappa shape index (κ2) is 5.54. The Kier molecular flexibility index (Phi) is 3.24. The summed E-state index contributed by atoms with van der Waals surface area (Å²) in [6.45, 7) is 0. The molecule has 0 saturated carbocycles. The van der Waals surface area contributed by atoms with E-state index < -0.39 is 0 Å². The topological polar surface area (TPSA) is 51.8 Å². The number of fused-ring (bicyclic) bond motifs is 1. The second-order valence-corrected chi connectivity index (χ2v) is 5.36. The van der Waals surface area contributed by atoms with Gasteiger partial charge in [-0.25, -0.2) is 9.97 Å². The zero-order valence-electron chi connectivity index (χ0n) is 12.5. The van der Waals surface area contributed by atoms with Crippen LogP contribution >= 0.6 is 0 Å². The van der Waals surface area contributed by atoms with Gasteiger partial charge in [0.1, 0.15) is 5.82 Å². The van der Waals surface area contributed by atoms with Gasteiger partial charge in [0.05, 0.1) is 5.52 Å². The minimum absolute atomic E-state index is 0.508. The minimum Gasteiger partial charge on any atom is -0.383 e. The lowest BCUT2D eigenvalue weighted by Crippen LogP contribution is -1.98. The second-order valence-electron chi connectivity index (χ2n) is 5.36. The Labute approximate surface area is 134 Å². The zero-order valence-corrected chi connectivity index (χ0v) is 12.5. The molecule has 1 aromatic heterocycles. The predicted molar refractivity (Wildman–Crippen MR) is 94.8 cm³/mol. The van der Waals surface area contributed by atoms with Crippen LogP contribution in [0.4, 0.5) is 5.82 Å². The molecule has 0 aliphatic rings. The van der Waals surface area contributed by atoms with E-state index in [1.165, 1.54) is 0 Å². The first kappa shape index (κ1) is 13.5. The van der Waals surface area contributed by atoms with Crippen molar-refractivity contribution < 1.29 is 0 Å². The van der Waals surface area contributed by atoms with E-state index >= 15 is 0 Å². The Morgan fingerprint density at radius 1 is 0.609 bits per heavy atom. The number of aromatic nitrogens is 2. The van der Waals surface area contributed by atoms with Gasteiger partial charge in [0, 0.05) is 10.9 Å². The molecule has 2 N–H and O–H groups in total. The molecule has 4 rings (SSSR count). The number of nitrogen functional groups attached to an aromatic ring is 1. The largest absolute Gasteiger partial charge is 0.383 e. The summed E-state index contributed by atoms with van der Waals surface area (Å²) < 4.78 is 0. The fraction of sp³-hybridized carbons (Fsp3) is 0. The number of hydrogen-bond acceptors (Lipinski definition) is 3. The lowest BCUT2D eigenvalue weighted by molar-refractivity contribution is 1.23. The van der Waals surface area contributed by atoms with Crippen molar-refractivity contribution in [1.82, 2.24) is 9.97 Å². The van der Waals surface area contributed by atoms with Gasteiger partial charge in [-0.3, -0.25) is 0 Å². The Hall–Kier alpha value is -3.20. The highest BCUT2D eigenvalue weighted by molar-refractivity contribution is 5.91. The molecule has 1 heterocycles. The van der Waals surface area contributed by atoms with Crippen LogP contribution in [0.1, 0.15) is 0 Å². The summed E-state index contributed by atoms with van der Waals surface area (Å²) >= 11 is 0. The first-order valence-corrected chi connectivity index (χ1v) is 7.50. The molecular weight excluding hydrogens is 282 g/mol. The summed E-state index contributed by atoms with van der Waals surface area (Å²) in [5.41, 5.74) is 10.2. The first-order chi connectivity index (χ1) is 11.3. The molecule has 0 aliphatic heterocycles. The van der Waals surface area contributed by atoms with E-state index in [0.717, 1.165) is 27.6 Å². The van der Waals surface area contributed by atoms with Crippen molar-refractivity contribution in [3.8, 4) is 22.5 Å². The van der Waals surface area contributed by atoms with Gasteiger partial charge in [0.25, 0.3) is 0 Å². The molecule has 3 nitrogen and oxygen atoms in total. The molecule has 3 aromatic carbocycles. The molecule has 0 fully saturated rings. The van der Waals surface area contributed by atoms with Crippen molar-refractivity contribution in [2.24, 2.45) is 0 Å². The average Bonchev–Trinajstić information content (AvgIpc) is 2.62. The molecule has 0 spiro atoms. The summed E-state index contributed by atoms with van der Waals surface area (Å²) in [6.07, 6.45) is 0. The van der Waals surface area contributed by atoms with Gasteiger partial charge in [0.2, 0.25) is 0 Å². The van der Waals surface area contributed by atoms with E-state index in [0.29, 0.717) is 11.6 Å². The van der Waals surface area contributed by atoms with Gasteiger partial charge in [-0.1, -0.05) is 66.7 Å². The molecule has 0 unspecified atom stereocenters. The highest BCUT2D eigenvalue weighted by Crippen LogP contribution is 2.31. The fourth-order valence-electron chi connectivity index (χ4n) is 2.77. The Morgan fingerprint density at radius 2 is 1.26 bits per heavy atom. The molecule has 110 valence electrons. The lowest BCUT2D eigenvalue weighted by Gasteiger charge is -2.10. The SMILES string of the molecule is Nc1nc(-c2ccccc2-c2ccccc2)nc2ccccc12. The predicted octanol–water partition coefficient (Wildman–Crippen LogP) is 4.55. The van der Waals surface area contributed by atoms with Crippen molar-refractivity contribution in [3.05, 3.63) is 78.9 Å². The summed E-state index contributed by atoms with van der Waals surface area (Å²) in [6, 6.07) is 26.2. The summed E-state index contributed by atoms with van der Waals surface area (Å²) in [4.78, 5) is 9.23. The van der Waals surface area contributed by atoms with Crippen LogP contribution in [0.25, 0.3) is 33.4 Å². The van der Waals surface area contributed by atoms with Crippen molar-refractivity contribution in [1.29, 1.82) is 0 Å². The van der Waals surface area contributed by atoms with Crippen LogP contribution in [0.15, 0.2) is 78.9 Å². The molecule has 23 heavy (non-hydrogen) atoms. The molecule has 4 aromatic rings. The van der Waals surface area contributed by atoms with Crippen molar-refractivity contribution in [3.63, 3.8) is 0 Å². The van der Waals surface area contributed by atoms with Gasteiger partial charge in [-0.15, -0.1) is 0 Å². The molecular formula is C20H15N3. The van der Waals surface area contributed by atoms with Crippen molar-refractivity contribution in [2.45, 2.75) is 0 Å². The number of benzene rings is 3.